The van der Waals surface area contributed by atoms with Crippen molar-refractivity contribution in [3.63, 3.8) is 0 Å². The number of hydrogen-bond acceptors (Lipinski definition) is 3. The van der Waals surface area contributed by atoms with E-state index in [4.69, 9.17) is 0 Å². The Labute approximate surface area is 179 Å². The highest BCUT2D eigenvalue weighted by atomic mass is 32.2. The molecule has 0 bridgehead atoms. The molecule has 1 fully saturated rings. The van der Waals surface area contributed by atoms with E-state index in [1.165, 1.54) is 5.56 Å². The van der Waals surface area contributed by atoms with E-state index in [2.05, 4.69) is 22.8 Å². The second-order valence-corrected chi connectivity index (χ2v) is 10.2. The second kappa shape index (κ2) is 10.1. The third-order valence-corrected chi connectivity index (χ3v) is 7.27. The molecule has 0 spiro atoms. The van der Waals surface area contributed by atoms with Gasteiger partial charge in [0.1, 0.15) is 0 Å². The molecule has 0 aromatic heterocycles. The van der Waals surface area contributed by atoms with Crippen LogP contribution in [0.5, 0.6) is 0 Å². The number of amides is 2. The summed E-state index contributed by atoms with van der Waals surface area (Å²) in [7, 11) is -3.52. The maximum atomic E-state index is 13.0. The van der Waals surface area contributed by atoms with Crippen molar-refractivity contribution in [2.24, 2.45) is 11.8 Å². The van der Waals surface area contributed by atoms with Gasteiger partial charge in [0, 0.05) is 25.3 Å². The summed E-state index contributed by atoms with van der Waals surface area (Å²) in [5.74, 6) is 0.870. The Morgan fingerprint density at radius 1 is 1.03 bits per heavy atom. The van der Waals surface area contributed by atoms with Gasteiger partial charge >= 0.3 is 6.03 Å². The third-order valence-electron chi connectivity index (χ3n) is 5.36. The van der Waals surface area contributed by atoms with Crippen LogP contribution < -0.4 is 10.6 Å². The number of rotatable bonds is 7. The van der Waals surface area contributed by atoms with Gasteiger partial charge in [0.25, 0.3) is 0 Å². The summed E-state index contributed by atoms with van der Waals surface area (Å²) in [5, 5.41) is 5.50. The van der Waals surface area contributed by atoms with Crippen LogP contribution in [0.15, 0.2) is 59.5 Å². The van der Waals surface area contributed by atoms with Crippen LogP contribution >= 0.6 is 0 Å². The minimum atomic E-state index is -3.52. The smallest absolute Gasteiger partial charge is 0.319 e. The minimum absolute atomic E-state index is 0.261. The van der Waals surface area contributed by atoms with E-state index in [1.54, 1.807) is 28.6 Å². The number of benzene rings is 2. The Balaban J connectivity index is 1.55. The maximum absolute atomic E-state index is 13.0. The van der Waals surface area contributed by atoms with Gasteiger partial charge in [0.15, 0.2) is 0 Å². The minimum Gasteiger partial charge on any atom is -0.338 e. The predicted octanol–water partition coefficient (Wildman–Crippen LogP) is 4.11. The van der Waals surface area contributed by atoms with E-state index >= 15 is 0 Å². The highest BCUT2D eigenvalue weighted by molar-refractivity contribution is 7.89. The molecule has 2 N–H and O–H groups in total. The van der Waals surface area contributed by atoms with Gasteiger partial charge in [0.05, 0.1) is 4.90 Å². The molecule has 0 aliphatic carbocycles. The fourth-order valence-electron chi connectivity index (χ4n) is 3.63. The van der Waals surface area contributed by atoms with Gasteiger partial charge in [-0.25, -0.2) is 13.2 Å². The van der Waals surface area contributed by atoms with Gasteiger partial charge in [-0.1, -0.05) is 44.2 Å². The fourth-order valence-corrected chi connectivity index (χ4v) is 5.10. The first kappa shape index (κ1) is 22.3. The second-order valence-electron chi connectivity index (χ2n) is 8.29. The molecule has 2 aromatic carbocycles. The number of anilines is 1. The first-order valence-corrected chi connectivity index (χ1v) is 12.0. The molecular weight excluding hydrogens is 398 g/mol. The zero-order valence-corrected chi connectivity index (χ0v) is 18.5. The summed E-state index contributed by atoms with van der Waals surface area (Å²) in [6, 6.07) is 16.4. The summed E-state index contributed by atoms with van der Waals surface area (Å²) in [4.78, 5) is 12.1. The molecule has 0 saturated carbocycles. The molecule has 2 aromatic rings. The van der Waals surface area contributed by atoms with E-state index < -0.39 is 10.0 Å². The number of urea groups is 1. The first-order chi connectivity index (χ1) is 14.3. The number of sulfonamides is 1. The van der Waals surface area contributed by atoms with Gasteiger partial charge in [-0.15, -0.1) is 0 Å². The molecule has 1 saturated heterocycles. The Morgan fingerprint density at radius 3 is 2.27 bits per heavy atom. The van der Waals surface area contributed by atoms with E-state index in [0.717, 1.165) is 19.3 Å². The van der Waals surface area contributed by atoms with Crippen molar-refractivity contribution in [2.45, 2.75) is 38.0 Å². The van der Waals surface area contributed by atoms with Gasteiger partial charge in [0.2, 0.25) is 10.0 Å². The summed E-state index contributed by atoms with van der Waals surface area (Å²) in [6.45, 7) is 5.70. The summed E-state index contributed by atoms with van der Waals surface area (Å²) in [5.41, 5.74) is 1.87. The van der Waals surface area contributed by atoms with Crippen LogP contribution in [-0.2, 0) is 16.4 Å². The van der Waals surface area contributed by atoms with Gasteiger partial charge < -0.3 is 10.6 Å². The van der Waals surface area contributed by atoms with Gasteiger partial charge in [-0.05, 0) is 60.9 Å². The monoisotopic (exact) mass is 429 g/mol. The summed E-state index contributed by atoms with van der Waals surface area (Å²) < 4.78 is 27.6. The number of carbonyl (C=O) groups excluding carboxylic acids is 1. The van der Waals surface area contributed by atoms with Crippen molar-refractivity contribution in [2.75, 3.05) is 25.0 Å². The molecule has 0 radical (unpaired) electrons. The van der Waals surface area contributed by atoms with E-state index in [-0.39, 0.29) is 10.9 Å². The SMILES string of the molecule is CC(C)CNC(=O)Nc1ccc(S(=O)(=O)N2CCC(Cc3ccccc3)CC2)cc1. The van der Waals surface area contributed by atoms with Crippen molar-refractivity contribution in [3.8, 4) is 0 Å². The van der Waals surface area contributed by atoms with E-state index in [0.29, 0.717) is 37.2 Å². The highest BCUT2D eigenvalue weighted by Crippen LogP contribution is 2.26. The quantitative estimate of drug-likeness (QED) is 0.695. The van der Waals surface area contributed by atoms with E-state index in [1.807, 2.05) is 32.0 Å². The third kappa shape index (κ3) is 6.06. The molecular formula is C23H31N3O3S. The molecule has 0 unspecified atom stereocenters. The standard InChI is InChI=1S/C23H31N3O3S/c1-18(2)17-24-23(27)25-21-8-10-22(11-9-21)30(28,29)26-14-12-20(13-15-26)16-19-6-4-3-5-7-19/h3-11,18,20H,12-17H2,1-2H3,(H2,24,25,27). The van der Waals surface area contributed by atoms with Crippen LogP contribution in [0.2, 0.25) is 0 Å². The molecule has 1 heterocycles. The molecule has 2 amide bonds. The van der Waals surface area contributed by atoms with Crippen LogP contribution in [0.25, 0.3) is 0 Å². The van der Waals surface area contributed by atoms with Gasteiger partial charge in [-0.3, -0.25) is 0 Å². The number of hydrogen-bond donors (Lipinski definition) is 2. The molecule has 162 valence electrons. The average Bonchev–Trinajstić information content (AvgIpc) is 2.74. The lowest BCUT2D eigenvalue weighted by Crippen LogP contribution is -2.38. The van der Waals surface area contributed by atoms with Crippen molar-refractivity contribution < 1.29 is 13.2 Å². The van der Waals surface area contributed by atoms with Crippen molar-refractivity contribution in [1.29, 1.82) is 0 Å². The van der Waals surface area contributed by atoms with Crippen LogP contribution in [0.1, 0.15) is 32.3 Å². The van der Waals surface area contributed by atoms with Crippen LogP contribution in [0.4, 0.5) is 10.5 Å². The van der Waals surface area contributed by atoms with Crippen LogP contribution in [0.3, 0.4) is 0 Å². The van der Waals surface area contributed by atoms with Crippen molar-refractivity contribution >= 4 is 21.7 Å². The predicted molar refractivity (Wildman–Crippen MR) is 120 cm³/mol. The molecule has 7 heteroatoms. The zero-order valence-electron chi connectivity index (χ0n) is 17.7. The lowest BCUT2D eigenvalue weighted by atomic mass is 9.91. The lowest BCUT2D eigenvalue weighted by Gasteiger charge is -2.31. The molecule has 1 aliphatic rings. The van der Waals surface area contributed by atoms with Crippen molar-refractivity contribution in [1.82, 2.24) is 9.62 Å². The van der Waals surface area contributed by atoms with Gasteiger partial charge in [-0.2, -0.15) is 4.31 Å². The molecule has 1 aliphatic heterocycles. The number of piperidine rings is 1. The maximum Gasteiger partial charge on any atom is 0.319 e. The molecule has 6 nitrogen and oxygen atoms in total. The van der Waals surface area contributed by atoms with Crippen LogP contribution in [0, 0.1) is 11.8 Å². The molecule has 3 rings (SSSR count). The van der Waals surface area contributed by atoms with Crippen LogP contribution in [-0.4, -0.2) is 38.4 Å². The zero-order chi connectivity index (χ0) is 21.6. The highest BCUT2D eigenvalue weighted by Gasteiger charge is 2.29. The average molecular weight is 430 g/mol. The number of nitrogens with one attached hydrogen (secondary N) is 2. The topological polar surface area (TPSA) is 78.5 Å². The fraction of sp³-hybridized carbons (Fsp3) is 0.435. The number of carbonyl (C=O) groups is 1. The Bertz CT molecular complexity index is 920. The first-order valence-electron chi connectivity index (χ1n) is 10.5. The Hall–Kier alpha value is -2.38. The van der Waals surface area contributed by atoms with E-state index in [9.17, 15) is 13.2 Å². The normalized spacial score (nSPS) is 15.8. The largest absolute Gasteiger partial charge is 0.338 e. The number of nitrogens with zero attached hydrogens (tertiary/aromatic N) is 1. The summed E-state index contributed by atoms with van der Waals surface area (Å²) >= 11 is 0. The Kier molecular flexibility index (Phi) is 7.50. The lowest BCUT2D eigenvalue weighted by molar-refractivity contribution is 0.251. The Morgan fingerprint density at radius 2 is 1.67 bits per heavy atom. The molecule has 30 heavy (non-hydrogen) atoms. The van der Waals surface area contributed by atoms with Crippen molar-refractivity contribution in [3.05, 3.63) is 60.2 Å². The molecule has 0 atom stereocenters. The summed E-state index contributed by atoms with van der Waals surface area (Å²) in [6.07, 6.45) is 2.72.